The third-order valence-electron chi connectivity index (χ3n) is 4.89. The number of azide groups is 1. The fourth-order valence-corrected chi connectivity index (χ4v) is 3.21. The van der Waals surface area contributed by atoms with Crippen molar-refractivity contribution < 1.29 is 19.1 Å². The van der Waals surface area contributed by atoms with Crippen LogP contribution >= 0.6 is 0 Å². The molecule has 1 aliphatic rings. The van der Waals surface area contributed by atoms with E-state index in [1.807, 2.05) is 27.7 Å². The lowest BCUT2D eigenvalue weighted by Crippen LogP contribution is -2.47. The first-order chi connectivity index (χ1) is 12.4. The van der Waals surface area contributed by atoms with E-state index >= 15 is 0 Å². The minimum absolute atomic E-state index is 0.0534. The van der Waals surface area contributed by atoms with Crippen molar-refractivity contribution in [2.45, 2.75) is 79.1 Å². The Labute approximate surface area is 162 Å². The van der Waals surface area contributed by atoms with E-state index in [-0.39, 0.29) is 29.6 Å². The maximum Gasteiger partial charge on any atom is 0.408 e. The quantitative estimate of drug-likeness (QED) is 0.289. The van der Waals surface area contributed by atoms with Gasteiger partial charge >= 0.3 is 12.1 Å². The summed E-state index contributed by atoms with van der Waals surface area (Å²) in [6, 6.07) is -0.395. The minimum Gasteiger partial charge on any atom is -0.460 e. The summed E-state index contributed by atoms with van der Waals surface area (Å²) in [4.78, 5) is 27.4. The third-order valence-corrected chi connectivity index (χ3v) is 4.89. The molecule has 1 saturated heterocycles. The smallest absolute Gasteiger partial charge is 0.408 e. The molecule has 8 nitrogen and oxygen atoms in total. The zero-order valence-electron chi connectivity index (χ0n) is 17.6. The summed E-state index contributed by atoms with van der Waals surface area (Å²) in [6.45, 7) is 13.8. The molecule has 0 radical (unpaired) electrons. The summed E-state index contributed by atoms with van der Waals surface area (Å²) in [5, 5.41) is 6.58. The lowest BCUT2D eigenvalue weighted by Gasteiger charge is -2.30. The van der Waals surface area contributed by atoms with Crippen molar-refractivity contribution in [1.29, 1.82) is 0 Å². The minimum atomic E-state index is -0.621. The highest BCUT2D eigenvalue weighted by molar-refractivity contribution is 5.75. The normalized spacial score (nSPS) is 22.2. The number of rotatable bonds is 8. The summed E-state index contributed by atoms with van der Waals surface area (Å²) in [6.07, 6.45) is 0.148. The van der Waals surface area contributed by atoms with Crippen LogP contribution < -0.4 is 5.32 Å². The van der Waals surface area contributed by atoms with Gasteiger partial charge in [-0.2, -0.15) is 0 Å². The highest BCUT2D eigenvalue weighted by Crippen LogP contribution is 2.32. The van der Waals surface area contributed by atoms with Crippen molar-refractivity contribution >= 4 is 12.1 Å². The standard InChI is InChI=1S/C19H34N4O4/c1-11(2)13(10-21-23-20)8-15(22-18(25)27-19(5,6)7)16-9-14(12(3)4)17(24)26-16/h11-16H,8-10H2,1-7H3,(H,22,25)/t13-,14+,15+,16+/m1/s1. The zero-order chi connectivity index (χ0) is 20.8. The number of ether oxygens (including phenoxy) is 2. The van der Waals surface area contributed by atoms with E-state index in [4.69, 9.17) is 15.0 Å². The number of nitrogens with one attached hydrogen (secondary N) is 1. The largest absolute Gasteiger partial charge is 0.460 e. The first-order valence-electron chi connectivity index (χ1n) is 9.65. The Morgan fingerprint density at radius 2 is 2.00 bits per heavy atom. The molecule has 27 heavy (non-hydrogen) atoms. The van der Waals surface area contributed by atoms with Gasteiger partial charge in [0, 0.05) is 11.5 Å². The van der Waals surface area contributed by atoms with Gasteiger partial charge in [-0.05, 0) is 56.9 Å². The van der Waals surface area contributed by atoms with E-state index in [9.17, 15) is 9.59 Å². The van der Waals surface area contributed by atoms with Crippen LogP contribution in [0.5, 0.6) is 0 Å². The first-order valence-corrected chi connectivity index (χ1v) is 9.65. The third kappa shape index (κ3) is 7.67. The molecular formula is C19H34N4O4. The summed E-state index contributed by atoms with van der Waals surface area (Å²) in [7, 11) is 0. The molecule has 0 unspecified atom stereocenters. The van der Waals surface area contributed by atoms with Gasteiger partial charge in [0.05, 0.1) is 12.0 Å². The van der Waals surface area contributed by atoms with E-state index in [2.05, 4.69) is 15.3 Å². The second kappa shape index (κ2) is 9.83. The topological polar surface area (TPSA) is 113 Å². The molecule has 1 amide bonds. The fourth-order valence-electron chi connectivity index (χ4n) is 3.21. The van der Waals surface area contributed by atoms with Crippen molar-refractivity contribution in [2.24, 2.45) is 28.8 Å². The number of amides is 1. The summed E-state index contributed by atoms with van der Waals surface area (Å²) < 4.78 is 11.0. The molecule has 0 saturated carbocycles. The van der Waals surface area contributed by atoms with Crippen LogP contribution in [0.25, 0.3) is 10.4 Å². The number of carbonyl (C=O) groups is 2. The van der Waals surface area contributed by atoms with Crippen LogP contribution in [0.2, 0.25) is 0 Å². The molecule has 154 valence electrons. The van der Waals surface area contributed by atoms with E-state index in [0.29, 0.717) is 19.4 Å². The van der Waals surface area contributed by atoms with E-state index in [1.54, 1.807) is 20.8 Å². The molecule has 0 aliphatic carbocycles. The number of alkyl carbamates (subject to hydrolysis) is 1. The van der Waals surface area contributed by atoms with E-state index in [1.165, 1.54) is 0 Å². The predicted octanol–water partition coefficient (Wildman–Crippen LogP) is 4.44. The van der Waals surface area contributed by atoms with Crippen LogP contribution in [-0.4, -0.2) is 36.4 Å². The molecule has 1 N–H and O–H groups in total. The van der Waals surface area contributed by atoms with Crippen LogP contribution in [0.1, 0.15) is 61.3 Å². The summed E-state index contributed by atoms with van der Waals surface area (Å²) in [5.41, 5.74) is 8.02. The lowest BCUT2D eigenvalue weighted by molar-refractivity contribution is -0.146. The number of esters is 1. The van der Waals surface area contributed by atoms with Gasteiger partial charge in [-0.1, -0.05) is 32.8 Å². The molecule has 1 aliphatic heterocycles. The molecule has 4 atom stereocenters. The van der Waals surface area contributed by atoms with Crippen molar-refractivity contribution in [3.05, 3.63) is 10.4 Å². The Morgan fingerprint density at radius 1 is 1.37 bits per heavy atom. The monoisotopic (exact) mass is 382 g/mol. The Hall–Kier alpha value is -1.95. The number of nitrogens with zero attached hydrogens (tertiary/aromatic N) is 3. The van der Waals surface area contributed by atoms with Gasteiger partial charge in [-0.25, -0.2) is 4.79 Å². The van der Waals surface area contributed by atoms with Gasteiger partial charge in [-0.15, -0.1) is 0 Å². The van der Waals surface area contributed by atoms with Crippen LogP contribution in [0.4, 0.5) is 4.79 Å². The van der Waals surface area contributed by atoms with Gasteiger partial charge < -0.3 is 14.8 Å². The first kappa shape index (κ1) is 23.1. The Kier molecular flexibility index (Phi) is 8.41. The molecule has 1 heterocycles. The average Bonchev–Trinajstić information content (AvgIpc) is 2.90. The second-order valence-corrected chi connectivity index (χ2v) is 8.97. The Morgan fingerprint density at radius 3 is 2.44 bits per heavy atom. The van der Waals surface area contributed by atoms with Crippen LogP contribution in [-0.2, 0) is 14.3 Å². The highest BCUT2D eigenvalue weighted by atomic mass is 16.6. The lowest BCUT2D eigenvalue weighted by atomic mass is 9.85. The van der Waals surface area contributed by atoms with Gasteiger partial charge in [0.2, 0.25) is 0 Å². The summed E-state index contributed by atoms with van der Waals surface area (Å²) in [5.74, 6) is 0.0811. The van der Waals surface area contributed by atoms with Gasteiger partial charge in [0.25, 0.3) is 0 Å². The molecule has 0 aromatic rings. The van der Waals surface area contributed by atoms with Crippen molar-refractivity contribution in [1.82, 2.24) is 5.32 Å². The number of hydrogen-bond donors (Lipinski definition) is 1. The van der Waals surface area contributed by atoms with Crippen molar-refractivity contribution in [3.8, 4) is 0 Å². The maximum atomic E-state index is 12.3. The molecule has 1 rings (SSSR count). The number of hydrogen-bond acceptors (Lipinski definition) is 5. The Bertz CT molecular complexity index is 565. The van der Waals surface area contributed by atoms with Crippen LogP contribution in [0.3, 0.4) is 0 Å². The van der Waals surface area contributed by atoms with Crippen molar-refractivity contribution in [2.75, 3.05) is 6.54 Å². The molecule has 0 aromatic carbocycles. The van der Waals surface area contributed by atoms with E-state index in [0.717, 1.165) is 0 Å². The number of carbonyl (C=O) groups excluding carboxylic acids is 2. The van der Waals surface area contributed by atoms with E-state index < -0.39 is 23.8 Å². The molecule has 8 heteroatoms. The maximum absolute atomic E-state index is 12.3. The fraction of sp³-hybridized carbons (Fsp3) is 0.895. The van der Waals surface area contributed by atoms with Crippen LogP contribution in [0, 0.1) is 23.7 Å². The van der Waals surface area contributed by atoms with Gasteiger partial charge in [0.15, 0.2) is 0 Å². The SMILES string of the molecule is CC(C)[C@@H](CN=[N+]=[N-])C[C@H](NC(=O)OC(C)(C)C)[C@@H]1C[C@@H](C(C)C)C(=O)O1. The molecule has 0 aromatic heterocycles. The summed E-state index contributed by atoms with van der Waals surface area (Å²) >= 11 is 0. The molecular weight excluding hydrogens is 348 g/mol. The van der Waals surface area contributed by atoms with Crippen LogP contribution in [0.15, 0.2) is 5.11 Å². The predicted molar refractivity (Wildman–Crippen MR) is 103 cm³/mol. The molecule has 0 bridgehead atoms. The van der Waals surface area contributed by atoms with Gasteiger partial charge in [0.1, 0.15) is 11.7 Å². The zero-order valence-corrected chi connectivity index (χ0v) is 17.6. The second-order valence-electron chi connectivity index (χ2n) is 8.97. The molecule has 1 fully saturated rings. The Balaban J connectivity index is 2.96. The van der Waals surface area contributed by atoms with Crippen molar-refractivity contribution in [3.63, 3.8) is 0 Å². The average molecular weight is 383 g/mol. The molecule has 0 spiro atoms. The highest BCUT2D eigenvalue weighted by Gasteiger charge is 2.42. The van der Waals surface area contributed by atoms with Gasteiger partial charge in [-0.3, -0.25) is 4.79 Å². The number of cyclic esters (lactones) is 1.